The topological polar surface area (TPSA) is 68.4 Å². The van der Waals surface area contributed by atoms with Crippen molar-refractivity contribution in [1.82, 2.24) is 14.2 Å². The Hall–Kier alpha value is -3.41. The SMILES string of the molecule is CCc1cccc(CC)c1NC(=O)[C@@H](CC)n1nc(C)n2c(cc3cc(C)ccc32)c1=O. The predicted molar refractivity (Wildman–Crippen MR) is 130 cm³/mol. The first-order valence-electron chi connectivity index (χ1n) is 11.3. The number of nitrogens with zero attached hydrogens (tertiary/aromatic N) is 3. The van der Waals surface area contributed by atoms with Crippen molar-refractivity contribution >= 4 is 28.0 Å². The third kappa shape index (κ3) is 3.60. The van der Waals surface area contributed by atoms with Crippen LogP contribution in [0.15, 0.2) is 47.3 Å². The molecule has 1 N–H and O–H groups in total. The van der Waals surface area contributed by atoms with Crippen molar-refractivity contribution in [2.45, 2.75) is 59.9 Å². The molecule has 0 unspecified atom stereocenters. The van der Waals surface area contributed by atoms with Gasteiger partial charge in [0.25, 0.3) is 5.56 Å². The number of aromatic nitrogens is 3. The molecule has 0 aliphatic rings. The first-order chi connectivity index (χ1) is 15.4. The Morgan fingerprint density at radius 1 is 1.00 bits per heavy atom. The summed E-state index contributed by atoms with van der Waals surface area (Å²) in [6.07, 6.45) is 2.10. The molecule has 2 aromatic carbocycles. The number of amides is 1. The molecule has 2 aromatic heterocycles. The zero-order chi connectivity index (χ0) is 23.0. The highest BCUT2D eigenvalue weighted by Crippen LogP contribution is 2.25. The molecule has 0 radical (unpaired) electrons. The van der Waals surface area contributed by atoms with Gasteiger partial charge in [0.05, 0.1) is 5.52 Å². The van der Waals surface area contributed by atoms with Gasteiger partial charge in [-0.3, -0.25) is 14.0 Å². The molecular formula is C26H30N4O2. The number of benzene rings is 2. The Morgan fingerprint density at radius 2 is 1.69 bits per heavy atom. The van der Waals surface area contributed by atoms with Crippen molar-refractivity contribution in [3.05, 3.63) is 75.3 Å². The minimum absolute atomic E-state index is 0.214. The molecule has 1 amide bonds. The lowest BCUT2D eigenvalue weighted by Gasteiger charge is -2.20. The van der Waals surface area contributed by atoms with Crippen LogP contribution in [0.25, 0.3) is 16.4 Å². The van der Waals surface area contributed by atoms with Crippen LogP contribution >= 0.6 is 0 Å². The van der Waals surface area contributed by atoms with Gasteiger partial charge in [0.2, 0.25) is 5.91 Å². The highest BCUT2D eigenvalue weighted by molar-refractivity contribution is 5.95. The molecule has 0 fully saturated rings. The number of fused-ring (bicyclic) bond motifs is 3. The molecule has 4 rings (SSSR count). The van der Waals surface area contributed by atoms with Crippen LogP contribution in [0.2, 0.25) is 0 Å². The van der Waals surface area contributed by atoms with Crippen LogP contribution in [0, 0.1) is 13.8 Å². The summed E-state index contributed by atoms with van der Waals surface area (Å²) >= 11 is 0. The minimum Gasteiger partial charge on any atom is -0.324 e. The molecule has 166 valence electrons. The van der Waals surface area contributed by atoms with Gasteiger partial charge in [-0.2, -0.15) is 5.10 Å². The van der Waals surface area contributed by atoms with Crippen LogP contribution in [-0.2, 0) is 17.6 Å². The van der Waals surface area contributed by atoms with Gasteiger partial charge in [-0.05, 0) is 62.4 Å². The molecule has 0 bridgehead atoms. The zero-order valence-electron chi connectivity index (χ0n) is 19.4. The van der Waals surface area contributed by atoms with Crippen molar-refractivity contribution in [1.29, 1.82) is 0 Å². The van der Waals surface area contributed by atoms with Crippen molar-refractivity contribution in [2.75, 3.05) is 5.32 Å². The Labute approximate surface area is 187 Å². The highest BCUT2D eigenvalue weighted by Gasteiger charge is 2.25. The van der Waals surface area contributed by atoms with Crippen LogP contribution in [0.1, 0.15) is 55.7 Å². The lowest BCUT2D eigenvalue weighted by Crippen LogP contribution is -2.36. The molecule has 6 heteroatoms. The lowest BCUT2D eigenvalue weighted by molar-refractivity contribution is -0.119. The quantitative estimate of drug-likeness (QED) is 0.469. The largest absolute Gasteiger partial charge is 0.324 e. The Morgan fingerprint density at radius 3 is 2.31 bits per heavy atom. The normalized spacial score (nSPS) is 12.4. The van der Waals surface area contributed by atoms with Gasteiger partial charge in [-0.1, -0.05) is 50.6 Å². The van der Waals surface area contributed by atoms with Crippen LogP contribution in [-0.4, -0.2) is 20.1 Å². The summed E-state index contributed by atoms with van der Waals surface area (Å²) in [6.45, 7) is 9.95. The van der Waals surface area contributed by atoms with Gasteiger partial charge in [0.15, 0.2) is 0 Å². The lowest BCUT2D eigenvalue weighted by atomic mass is 10.0. The monoisotopic (exact) mass is 430 g/mol. The van der Waals surface area contributed by atoms with E-state index in [-0.39, 0.29) is 11.5 Å². The number of carbonyl (C=O) groups is 1. The Bertz CT molecular complexity index is 1360. The summed E-state index contributed by atoms with van der Waals surface area (Å²) in [5.41, 5.74) is 5.39. The number of anilines is 1. The molecule has 6 nitrogen and oxygen atoms in total. The fraction of sp³-hybridized carbons (Fsp3) is 0.346. The third-order valence-electron chi connectivity index (χ3n) is 6.19. The molecule has 0 saturated heterocycles. The number of nitrogens with one attached hydrogen (secondary N) is 1. The summed E-state index contributed by atoms with van der Waals surface area (Å²) in [6, 6.07) is 13.4. The van der Waals surface area contributed by atoms with Crippen molar-refractivity contribution in [3.63, 3.8) is 0 Å². The molecule has 4 aromatic rings. The first kappa shape index (κ1) is 21.8. The minimum atomic E-state index is -0.694. The maximum atomic E-state index is 13.4. The van der Waals surface area contributed by atoms with E-state index in [1.165, 1.54) is 4.68 Å². The van der Waals surface area contributed by atoms with Crippen molar-refractivity contribution in [2.24, 2.45) is 0 Å². The van der Waals surface area contributed by atoms with E-state index in [9.17, 15) is 9.59 Å². The molecule has 32 heavy (non-hydrogen) atoms. The van der Waals surface area contributed by atoms with E-state index in [2.05, 4.69) is 30.3 Å². The maximum absolute atomic E-state index is 13.4. The van der Waals surface area contributed by atoms with Crippen molar-refractivity contribution in [3.8, 4) is 0 Å². The predicted octanol–water partition coefficient (Wildman–Crippen LogP) is 4.98. The number of hydrogen-bond acceptors (Lipinski definition) is 3. The van der Waals surface area contributed by atoms with Gasteiger partial charge in [-0.15, -0.1) is 0 Å². The molecule has 0 saturated carbocycles. The number of aryl methyl sites for hydroxylation is 4. The number of rotatable bonds is 6. The Balaban J connectivity index is 1.81. The molecule has 0 aliphatic heterocycles. The second-order valence-electron chi connectivity index (χ2n) is 8.30. The second-order valence-corrected chi connectivity index (χ2v) is 8.30. The van der Waals surface area contributed by atoms with Crippen molar-refractivity contribution < 1.29 is 4.79 Å². The van der Waals surface area contributed by atoms with E-state index in [1.54, 1.807) is 0 Å². The van der Waals surface area contributed by atoms with Gasteiger partial charge >= 0.3 is 0 Å². The fourth-order valence-corrected chi connectivity index (χ4v) is 4.49. The molecule has 0 aliphatic carbocycles. The van der Waals surface area contributed by atoms with E-state index in [0.717, 1.165) is 46.1 Å². The first-order valence-corrected chi connectivity index (χ1v) is 11.3. The third-order valence-corrected chi connectivity index (χ3v) is 6.19. The van der Waals surface area contributed by atoms with E-state index in [4.69, 9.17) is 0 Å². The molecular weight excluding hydrogens is 400 g/mol. The zero-order valence-corrected chi connectivity index (χ0v) is 19.4. The Kier molecular flexibility index (Phi) is 5.87. The van der Waals surface area contributed by atoms with E-state index in [0.29, 0.717) is 17.8 Å². The van der Waals surface area contributed by atoms with Gasteiger partial charge < -0.3 is 5.32 Å². The molecule has 2 heterocycles. The van der Waals surface area contributed by atoms with Crippen LogP contribution in [0.5, 0.6) is 0 Å². The highest BCUT2D eigenvalue weighted by atomic mass is 16.2. The summed E-state index contributed by atoms with van der Waals surface area (Å²) in [4.78, 5) is 26.8. The van der Waals surface area contributed by atoms with E-state index >= 15 is 0 Å². The van der Waals surface area contributed by atoms with E-state index in [1.807, 2.05) is 61.6 Å². The fourth-order valence-electron chi connectivity index (χ4n) is 4.49. The summed E-state index contributed by atoms with van der Waals surface area (Å²) < 4.78 is 3.23. The molecule has 1 atom stereocenters. The maximum Gasteiger partial charge on any atom is 0.291 e. The van der Waals surface area contributed by atoms with Crippen LogP contribution < -0.4 is 10.9 Å². The number of hydrogen-bond donors (Lipinski definition) is 1. The number of carbonyl (C=O) groups excluding carboxylic acids is 1. The van der Waals surface area contributed by atoms with Crippen LogP contribution in [0.3, 0.4) is 0 Å². The average molecular weight is 431 g/mol. The summed E-state index contributed by atoms with van der Waals surface area (Å²) in [7, 11) is 0. The average Bonchev–Trinajstić information content (AvgIpc) is 3.17. The van der Waals surface area contributed by atoms with Gasteiger partial charge in [-0.25, -0.2) is 4.68 Å². The van der Waals surface area contributed by atoms with Gasteiger partial charge in [0.1, 0.15) is 17.4 Å². The van der Waals surface area contributed by atoms with Crippen LogP contribution in [0.4, 0.5) is 5.69 Å². The van der Waals surface area contributed by atoms with E-state index < -0.39 is 6.04 Å². The smallest absolute Gasteiger partial charge is 0.291 e. The summed E-state index contributed by atoms with van der Waals surface area (Å²) in [5.74, 6) is 0.460. The summed E-state index contributed by atoms with van der Waals surface area (Å²) in [5, 5.41) is 8.68. The second kappa shape index (κ2) is 8.61. The standard InChI is InChI=1S/C26H30N4O2/c1-6-18-10-9-11-19(7-2)24(18)27-25(31)21(8-3)30-26(32)23-15-20-14-16(4)12-13-22(20)29(23)17(5)28-30/h9-15,21H,6-8H2,1-5H3,(H,27,31)/t21-/m1/s1. The molecule has 0 spiro atoms. The van der Waals surface area contributed by atoms with Gasteiger partial charge in [0, 0.05) is 11.1 Å². The number of para-hydroxylation sites is 1.